The fourth-order valence-electron chi connectivity index (χ4n) is 1.77. The van der Waals surface area contributed by atoms with Crippen LogP contribution in [0.15, 0.2) is 30.3 Å². The van der Waals surface area contributed by atoms with Crippen molar-refractivity contribution in [3.8, 4) is 0 Å². The number of unbranched alkanes of at least 4 members (excludes halogenated alkanes) is 1. The second-order valence-electron chi connectivity index (χ2n) is 4.32. The molecule has 94 valence electrons. The van der Waals surface area contributed by atoms with Gasteiger partial charge in [-0.3, -0.25) is 4.79 Å². The van der Waals surface area contributed by atoms with Gasteiger partial charge in [0.25, 0.3) is 0 Å². The second-order valence-corrected chi connectivity index (χ2v) is 4.32. The molecule has 0 aromatic heterocycles. The molecule has 0 bridgehead atoms. The molecule has 17 heavy (non-hydrogen) atoms. The molecule has 1 aromatic rings. The van der Waals surface area contributed by atoms with Crippen LogP contribution in [0, 0.1) is 0 Å². The first-order valence-electron chi connectivity index (χ1n) is 6.49. The molecule has 0 saturated heterocycles. The van der Waals surface area contributed by atoms with Crippen molar-refractivity contribution in [2.45, 2.75) is 52.1 Å². The second kappa shape index (κ2) is 7.88. The summed E-state index contributed by atoms with van der Waals surface area (Å²) in [6.45, 7) is 4.22. The van der Waals surface area contributed by atoms with Crippen molar-refractivity contribution >= 4 is 5.97 Å². The lowest BCUT2D eigenvalue weighted by Crippen LogP contribution is -2.18. The summed E-state index contributed by atoms with van der Waals surface area (Å²) in [5.41, 5.74) is 1.02. The van der Waals surface area contributed by atoms with E-state index < -0.39 is 0 Å². The van der Waals surface area contributed by atoms with E-state index in [4.69, 9.17) is 4.74 Å². The Morgan fingerprint density at radius 1 is 1.24 bits per heavy atom. The molecule has 1 unspecified atom stereocenters. The van der Waals surface area contributed by atoms with Gasteiger partial charge in [-0.1, -0.05) is 57.0 Å². The quantitative estimate of drug-likeness (QED) is 0.672. The molecule has 1 aromatic carbocycles. The molecule has 0 spiro atoms. The van der Waals surface area contributed by atoms with Gasteiger partial charge >= 0.3 is 5.97 Å². The molecular formula is C15H22O2. The van der Waals surface area contributed by atoms with Crippen LogP contribution in [0.25, 0.3) is 0 Å². The van der Waals surface area contributed by atoms with Gasteiger partial charge < -0.3 is 4.74 Å². The van der Waals surface area contributed by atoms with Gasteiger partial charge in [-0.05, 0) is 18.4 Å². The van der Waals surface area contributed by atoms with Gasteiger partial charge in [0.2, 0.25) is 0 Å². The Labute approximate surface area is 104 Å². The van der Waals surface area contributed by atoms with Crippen LogP contribution in [0.1, 0.15) is 45.1 Å². The van der Waals surface area contributed by atoms with E-state index >= 15 is 0 Å². The third-order valence-corrected chi connectivity index (χ3v) is 2.82. The maximum absolute atomic E-state index is 11.7. The molecule has 2 nitrogen and oxygen atoms in total. The smallest absolute Gasteiger partial charge is 0.310 e. The maximum Gasteiger partial charge on any atom is 0.310 e. The molecule has 0 N–H and O–H groups in total. The zero-order valence-corrected chi connectivity index (χ0v) is 10.8. The van der Waals surface area contributed by atoms with Crippen LogP contribution in [0.5, 0.6) is 0 Å². The largest absolute Gasteiger partial charge is 0.462 e. The number of hydrogen-bond donors (Lipinski definition) is 0. The van der Waals surface area contributed by atoms with E-state index in [1.165, 1.54) is 0 Å². The molecule has 1 rings (SSSR count). The summed E-state index contributed by atoms with van der Waals surface area (Å²) in [7, 11) is 0. The van der Waals surface area contributed by atoms with Gasteiger partial charge in [0, 0.05) is 0 Å². The molecule has 0 aliphatic carbocycles. The van der Waals surface area contributed by atoms with E-state index in [9.17, 15) is 4.79 Å². The van der Waals surface area contributed by atoms with Crippen LogP contribution >= 0.6 is 0 Å². The van der Waals surface area contributed by atoms with E-state index in [2.05, 4.69) is 13.8 Å². The van der Waals surface area contributed by atoms with Crippen LogP contribution in [-0.4, -0.2) is 12.1 Å². The minimum Gasteiger partial charge on any atom is -0.462 e. The predicted molar refractivity (Wildman–Crippen MR) is 69.8 cm³/mol. The molecule has 0 heterocycles. The van der Waals surface area contributed by atoms with Crippen molar-refractivity contribution in [1.29, 1.82) is 0 Å². The fourth-order valence-corrected chi connectivity index (χ4v) is 1.77. The van der Waals surface area contributed by atoms with Gasteiger partial charge in [-0.25, -0.2) is 0 Å². The number of hydrogen-bond acceptors (Lipinski definition) is 2. The average molecular weight is 234 g/mol. The zero-order valence-electron chi connectivity index (χ0n) is 10.8. The molecule has 0 aliphatic heterocycles. The Kier molecular flexibility index (Phi) is 6.38. The number of benzene rings is 1. The Balaban J connectivity index is 2.37. The van der Waals surface area contributed by atoms with Crippen molar-refractivity contribution in [2.75, 3.05) is 0 Å². The van der Waals surface area contributed by atoms with Crippen molar-refractivity contribution in [3.63, 3.8) is 0 Å². The zero-order chi connectivity index (χ0) is 12.5. The first-order valence-corrected chi connectivity index (χ1v) is 6.49. The lowest BCUT2D eigenvalue weighted by atomic mass is 10.1. The van der Waals surface area contributed by atoms with E-state index in [1.54, 1.807) is 0 Å². The molecule has 1 atom stereocenters. The Hall–Kier alpha value is -1.31. The standard InChI is InChI=1S/C15H22O2/c1-3-5-11-14(4-2)17-15(16)12-13-9-7-6-8-10-13/h6-10,14H,3-5,11-12H2,1-2H3. The predicted octanol–water partition coefficient (Wildman–Crippen LogP) is 3.74. The van der Waals surface area contributed by atoms with Crippen LogP contribution in [0.3, 0.4) is 0 Å². The van der Waals surface area contributed by atoms with Gasteiger partial charge in [-0.2, -0.15) is 0 Å². The summed E-state index contributed by atoms with van der Waals surface area (Å²) in [5.74, 6) is -0.112. The lowest BCUT2D eigenvalue weighted by Gasteiger charge is -2.15. The number of carbonyl (C=O) groups excluding carboxylic acids is 1. The lowest BCUT2D eigenvalue weighted by molar-refractivity contribution is -0.148. The van der Waals surface area contributed by atoms with Crippen molar-refractivity contribution in [1.82, 2.24) is 0 Å². The third-order valence-electron chi connectivity index (χ3n) is 2.82. The third kappa shape index (κ3) is 5.53. The fraction of sp³-hybridized carbons (Fsp3) is 0.533. The van der Waals surface area contributed by atoms with E-state index in [0.29, 0.717) is 6.42 Å². The molecule has 2 heteroatoms. The van der Waals surface area contributed by atoms with Gasteiger partial charge in [0.05, 0.1) is 6.42 Å². The van der Waals surface area contributed by atoms with Crippen LogP contribution in [0.4, 0.5) is 0 Å². The van der Waals surface area contributed by atoms with Crippen LogP contribution in [-0.2, 0) is 16.0 Å². The van der Waals surface area contributed by atoms with E-state index in [1.807, 2.05) is 30.3 Å². The average Bonchev–Trinajstić information content (AvgIpc) is 2.35. The molecule has 0 fully saturated rings. The van der Waals surface area contributed by atoms with Crippen molar-refractivity contribution < 1.29 is 9.53 Å². The Bertz CT molecular complexity index is 319. The van der Waals surface area contributed by atoms with Gasteiger partial charge in [0.15, 0.2) is 0 Å². The number of carbonyl (C=O) groups is 1. The van der Waals surface area contributed by atoms with Crippen LogP contribution in [0.2, 0.25) is 0 Å². The molecule has 0 saturated carbocycles. The highest BCUT2D eigenvalue weighted by Crippen LogP contribution is 2.10. The molecular weight excluding hydrogens is 212 g/mol. The van der Waals surface area contributed by atoms with Gasteiger partial charge in [0.1, 0.15) is 6.10 Å². The summed E-state index contributed by atoms with van der Waals surface area (Å²) in [4.78, 5) is 11.7. The SMILES string of the molecule is CCCCC(CC)OC(=O)Cc1ccccc1. The Morgan fingerprint density at radius 2 is 1.94 bits per heavy atom. The summed E-state index contributed by atoms with van der Waals surface area (Å²) >= 11 is 0. The minimum absolute atomic E-state index is 0.0890. The number of esters is 1. The Morgan fingerprint density at radius 3 is 2.53 bits per heavy atom. The summed E-state index contributed by atoms with van der Waals surface area (Å²) in [6.07, 6.45) is 4.62. The summed E-state index contributed by atoms with van der Waals surface area (Å²) in [5, 5.41) is 0. The topological polar surface area (TPSA) is 26.3 Å². The number of ether oxygens (including phenoxy) is 1. The molecule has 0 amide bonds. The maximum atomic E-state index is 11.7. The first kappa shape index (κ1) is 13.8. The first-order chi connectivity index (χ1) is 8.26. The summed E-state index contributed by atoms with van der Waals surface area (Å²) < 4.78 is 5.47. The minimum atomic E-state index is -0.112. The highest BCUT2D eigenvalue weighted by Gasteiger charge is 2.12. The van der Waals surface area contributed by atoms with E-state index in [-0.39, 0.29) is 12.1 Å². The monoisotopic (exact) mass is 234 g/mol. The highest BCUT2D eigenvalue weighted by atomic mass is 16.5. The van der Waals surface area contributed by atoms with Crippen LogP contribution < -0.4 is 0 Å². The van der Waals surface area contributed by atoms with Gasteiger partial charge in [-0.15, -0.1) is 0 Å². The highest BCUT2D eigenvalue weighted by molar-refractivity contribution is 5.72. The normalized spacial score (nSPS) is 12.1. The summed E-state index contributed by atoms with van der Waals surface area (Å²) in [6, 6.07) is 9.74. The van der Waals surface area contributed by atoms with Crippen molar-refractivity contribution in [2.24, 2.45) is 0 Å². The number of rotatable bonds is 7. The van der Waals surface area contributed by atoms with Crippen molar-refractivity contribution in [3.05, 3.63) is 35.9 Å². The molecule has 0 aliphatic rings. The molecule has 0 radical (unpaired) electrons. The van der Waals surface area contributed by atoms with E-state index in [0.717, 1.165) is 31.2 Å².